The molecule has 0 spiro atoms. The van der Waals surface area contributed by atoms with Crippen molar-refractivity contribution in [3.05, 3.63) is 35.9 Å². The summed E-state index contributed by atoms with van der Waals surface area (Å²) >= 11 is 0. The van der Waals surface area contributed by atoms with Crippen molar-refractivity contribution in [1.82, 2.24) is 0 Å². The zero-order valence-corrected chi connectivity index (χ0v) is 9.22. The van der Waals surface area contributed by atoms with Gasteiger partial charge in [-0.2, -0.15) is 0 Å². The normalized spacial score (nSPS) is 19.9. The molecule has 1 aliphatic rings. The van der Waals surface area contributed by atoms with Crippen LogP contribution in [0.1, 0.15) is 23.2 Å². The second-order valence-corrected chi connectivity index (χ2v) is 3.90. The molecule has 16 heavy (non-hydrogen) atoms. The van der Waals surface area contributed by atoms with Crippen molar-refractivity contribution >= 4 is 5.78 Å². The molecule has 0 aliphatic carbocycles. The summed E-state index contributed by atoms with van der Waals surface area (Å²) in [5, 5.41) is 0. The van der Waals surface area contributed by atoms with Crippen LogP contribution in [-0.2, 0) is 9.47 Å². The van der Waals surface area contributed by atoms with Gasteiger partial charge in [0, 0.05) is 18.6 Å². The Balaban J connectivity index is 1.71. The predicted molar refractivity (Wildman–Crippen MR) is 60.6 cm³/mol. The highest BCUT2D eigenvalue weighted by Gasteiger charge is 2.16. The van der Waals surface area contributed by atoms with Crippen LogP contribution in [0.15, 0.2) is 30.3 Å². The predicted octanol–water partition coefficient (Wildman–Crippen LogP) is 2.06. The summed E-state index contributed by atoms with van der Waals surface area (Å²) in [5.74, 6) is 0.138. The topological polar surface area (TPSA) is 35.5 Å². The molecule has 2 rings (SSSR count). The maximum Gasteiger partial charge on any atom is 0.165 e. The standard InChI is InChI=1S/C13H16O3/c14-13(11-4-2-1-3-5-11)7-9-16-12-6-8-15-10-12/h1-5,12H,6-10H2. The number of benzene rings is 1. The second-order valence-electron chi connectivity index (χ2n) is 3.90. The first-order valence-corrected chi connectivity index (χ1v) is 5.64. The van der Waals surface area contributed by atoms with Crippen LogP contribution >= 0.6 is 0 Å². The van der Waals surface area contributed by atoms with Gasteiger partial charge >= 0.3 is 0 Å². The molecule has 0 amide bonds. The van der Waals surface area contributed by atoms with Crippen molar-refractivity contribution < 1.29 is 14.3 Å². The van der Waals surface area contributed by atoms with Crippen molar-refractivity contribution in [1.29, 1.82) is 0 Å². The van der Waals surface area contributed by atoms with Gasteiger partial charge in [0.05, 0.1) is 19.3 Å². The molecule has 1 aromatic carbocycles. The van der Waals surface area contributed by atoms with E-state index in [0.717, 1.165) is 18.6 Å². The Morgan fingerprint density at radius 3 is 2.88 bits per heavy atom. The lowest BCUT2D eigenvalue weighted by molar-refractivity contribution is 0.0402. The van der Waals surface area contributed by atoms with Gasteiger partial charge in [0.15, 0.2) is 5.78 Å². The van der Waals surface area contributed by atoms with E-state index in [2.05, 4.69) is 0 Å². The third-order valence-corrected chi connectivity index (χ3v) is 2.67. The fourth-order valence-corrected chi connectivity index (χ4v) is 1.73. The second kappa shape index (κ2) is 5.77. The lowest BCUT2D eigenvalue weighted by atomic mass is 10.1. The molecule has 3 nitrogen and oxygen atoms in total. The van der Waals surface area contributed by atoms with Gasteiger partial charge in [0.25, 0.3) is 0 Å². The molecule has 1 aliphatic heterocycles. The minimum absolute atomic E-state index is 0.138. The summed E-state index contributed by atoms with van der Waals surface area (Å²) in [6, 6.07) is 9.32. The molecule has 0 aromatic heterocycles. The first kappa shape index (κ1) is 11.3. The maximum atomic E-state index is 11.7. The fourth-order valence-electron chi connectivity index (χ4n) is 1.73. The molecule has 1 fully saturated rings. The Kier molecular flexibility index (Phi) is 4.08. The van der Waals surface area contributed by atoms with Crippen LogP contribution in [0.2, 0.25) is 0 Å². The van der Waals surface area contributed by atoms with Gasteiger partial charge in [0.1, 0.15) is 0 Å². The third kappa shape index (κ3) is 3.15. The maximum absolute atomic E-state index is 11.7. The zero-order valence-electron chi connectivity index (χ0n) is 9.22. The Morgan fingerprint density at radius 2 is 2.19 bits per heavy atom. The van der Waals surface area contributed by atoms with Crippen LogP contribution in [0.25, 0.3) is 0 Å². The van der Waals surface area contributed by atoms with E-state index in [-0.39, 0.29) is 11.9 Å². The number of carbonyl (C=O) groups is 1. The van der Waals surface area contributed by atoms with E-state index >= 15 is 0 Å². The first-order chi connectivity index (χ1) is 7.86. The van der Waals surface area contributed by atoms with Gasteiger partial charge in [-0.3, -0.25) is 4.79 Å². The van der Waals surface area contributed by atoms with Gasteiger partial charge in [-0.25, -0.2) is 0 Å². The quantitative estimate of drug-likeness (QED) is 0.712. The number of Topliss-reactive ketones (excluding diaryl/α,β-unsaturated/α-hetero) is 1. The van der Waals surface area contributed by atoms with Gasteiger partial charge in [0.2, 0.25) is 0 Å². The number of rotatable bonds is 5. The Bertz CT molecular complexity index is 328. The lowest BCUT2D eigenvalue weighted by Gasteiger charge is -2.08. The molecule has 1 aromatic rings. The molecule has 1 saturated heterocycles. The van der Waals surface area contributed by atoms with Gasteiger partial charge in [-0.15, -0.1) is 0 Å². The van der Waals surface area contributed by atoms with Gasteiger partial charge < -0.3 is 9.47 Å². The van der Waals surface area contributed by atoms with Crippen LogP contribution in [-0.4, -0.2) is 31.7 Å². The van der Waals surface area contributed by atoms with E-state index in [9.17, 15) is 4.79 Å². The molecule has 0 N–H and O–H groups in total. The van der Waals surface area contributed by atoms with Crippen molar-refractivity contribution in [2.24, 2.45) is 0 Å². The SMILES string of the molecule is O=C(CCOC1CCOC1)c1ccccc1. The molecule has 1 unspecified atom stereocenters. The third-order valence-electron chi connectivity index (χ3n) is 2.67. The van der Waals surface area contributed by atoms with Crippen molar-refractivity contribution in [2.75, 3.05) is 19.8 Å². The highest BCUT2D eigenvalue weighted by atomic mass is 16.5. The number of hydrogen-bond acceptors (Lipinski definition) is 3. The summed E-state index contributed by atoms with van der Waals surface area (Å²) in [4.78, 5) is 11.7. The number of hydrogen-bond donors (Lipinski definition) is 0. The molecule has 1 atom stereocenters. The van der Waals surface area contributed by atoms with Crippen LogP contribution in [0, 0.1) is 0 Å². The largest absolute Gasteiger partial charge is 0.379 e. The van der Waals surface area contributed by atoms with E-state index in [1.165, 1.54) is 0 Å². The smallest absolute Gasteiger partial charge is 0.165 e. The van der Waals surface area contributed by atoms with Crippen LogP contribution in [0.3, 0.4) is 0 Å². The molecule has 86 valence electrons. The van der Waals surface area contributed by atoms with Gasteiger partial charge in [-0.1, -0.05) is 30.3 Å². The lowest BCUT2D eigenvalue weighted by Crippen LogP contribution is -2.15. The van der Waals surface area contributed by atoms with E-state index in [1.54, 1.807) is 0 Å². The highest BCUT2D eigenvalue weighted by Crippen LogP contribution is 2.09. The zero-order chi connectivity index (χ0) is 11.2. The summed E-state index contributed by atoms with van der Waals surface area (Å²) < 4.78 is 10.7. The van der Waals surface area contributed by atoms with Crippen molar-refractivity contribution in [2.45, 2.75) is 18.9 Å². The van der Waals surface area contributed by atoms with E-state index in [0.29, 0.717) is 19.6 Å². The molecule has 0 radical (unpaired) electrons. The Labute approximate surface area is 95.4 Å². The molecular formula is C13H16O3. The Hall–Kier alpha value is -1.19. The van der Waals surface area contributed by atoms with Crippen LogP contribution in [0.4, 0.5) is 0 Å². The monoisotopic (exact) mass is 220 g/mol. The van der Waals surface area contributed by atoms with E-state index in [4.69, 9.17) is 9.47 Å². The molecule has 0 bridgehead atoms. The average molecular weight is 220 g/mol. The molecule has 0 saturated carbocycles. The Morgan fingerprint density at radius 1 is 1.38 bits per heavy atom. The van der Waals surface area contributed by atoms with Crippen LogP contribution in [0.5, 0.6) is 0 Å². The van der Waals surface area contributed by atoms with Crippen molar-refractivity contribution in [3.63, 3.8) is 0 Å². The minimum Gasteiger partial charge on any atom is -0.379 e. The fraction of sp³-hybridized carbons (Fsp3) is 0.462. The highest BCUT2D eigenvalue weighted by molar-refractivity contribution is 5.96. The van der Waals surface area contributed by atoms with Gasteiger partial charge in [-0.05, 0) is 6.42 Å². The number of carbonyl (C=O) groups excluding carboxylic acids is 1. The van der Waals surface area contributed by atoms with E-state index < -0.39 is 0 Å². The van der Waals surface area contributed by atoms with Crippen LogP contribution < -0.4 is 0 Å². The number of ether oxygens (including phenoxy) is 2. The number of ketones is 1. The summed E-state index contributed by atoms with van der Waals surface area (Å²) in [5.41, 5.74) is 0.758. The summed E-state index contributed by atoms with van der Waals surface area (Å²) in [6.45, 7) is 1.93. The summed E-state index contributed by atoms with van der Waals surface area (Å²) in [7, 11) is 0. The average Bonchev–Trinajstić information content (AvgIpc) is 2.83. The molecular weight excluding hydrogens is 204 g/mol. The first-order valence-electron chi connectivity index (χ1n) is 5.64. The summed E-state index contributed by atoms with van der Waals surface area (Å²) in [6.07, 6.45) is 1.57. The molecule has 3 heteroatoms. The van der Waals surface area contributed by atoms with Crippen molar-refractivity contribution in [3.8, 4) is 0 Å². The van der Waals surface area contributed by atoms with E-state index in [1.807, 2.05) is 30.3 Å². The molecule has 1 heterocycles. The minimum atomic E-state index is 0.138.